The van der Waals surface area contributed by atoms with E-state index in [0.717, 1.165) is 18.4 Å². The predicted molar refractivity (Wildman–Crippen MR) is 79.5 cm³/mol. The van der Waals surface area contributed by atoms with Gasteiger partial charge in [-0.1, -0.05) is 36.8 Å². The molecule has 5 heteroatoms. The number of aliphatic carboxylic acids is 1. The quantitative estimate of drug-likeness (QED) is 0.766. The van der Waals surface area contributed by atoms with E-state index in [-0.39, 0.29) is 17.7 Å². The highest BCUT2D eigenvalue weighted by Crippen LogP contribution is 2.31. The van der Waals surface area contributed by atoms with Crippen LogP contribution in [0.3, 0.4) is 0 Å². The summed E-state index contributed by atoms with van der Waals surface area (Å²) in [5, 5.41) is 12.0. The summed E-state index contributed by atoms with van der Waals surface area (Å²) >= 11 is 0. The van der Waals surface area contributed by atoms with Crippen LogP contribution >= 0.6 is 0 Å². The average Bonchev–Trinajstić information content (AvgIpc) is 2.94. The van der Waals surface area contributed by atoms with Crippen molar-refractivity contribution in [3.8, 4) is 0 Å². The van der Waals surface area contributed by atoms with Crippen LogP contribution in [0, 0.1) is 11.8 Å². The van der Waals surface area contributed by atoms with E-state index in [0.29, 0.717) is 13.0 Å². The summed E-state index contributed by atoms with van der Waals surface area (Å²) in [6, 6.07) is 9.17. The van der Waals surface area contributed by atoms with Crippen LogP contribution < -0.4 is 11.1 Å². The maximum Gasteiger partial charge on any atom is 0.306 e. The summed E-state index contributed by atoms with van der Waals surface area (Å²) in [5.41, 5.74) is 5.76. The SMILES string of the molecule is CC(N)(C(=O)NCC1CCCC1C(=O)O)c1ccccc1. The predicted octanol–water partition coefficient (Wildman–Crippen LogP) is 1.48. The summed E-state index contributed by atoms with van der Waals surface area (Å²) in [5.74, 6) is -1.40. The van der Waals surface area contributed by atoms with Crippen LogP contribution in [0.25, 0.3) is 0 Å². The standard InChI is InChI=1S/C16H22N2O3/c1-16(17,12-7-3-2-4-8-12)15(21)18-10-11-6-5-9-13(11)14(19)20/h2-4,7-8,11,13H,5-6,9-10,17H2,1H3,(H,18,21)(H,19,20). The molecule has 1 aliphatic carbocycles. The van der Waals surface area contributed by atoms with Gasteiger partial charge in [0.25, 0.3) is 0 Å². The van der Waals surface area contributed by atoms with Crippen molar-refractivity contribution < 1.29 is 14.7 Å². The number of rotatable bonds is 5. The Morgan fingerprint density at radius 3 is 2.62 bits per heavy atom. The Labute approximate surface area is 124 Å². The van der Waals surface area contributed by atoms with Crippen molar-refractivity contribution in [2.24, 2.45) is 17.6 Å². The lowest BCUT2D eigenvalue weighted by Gasteiger charge is -2.25. The highest BCUT2D eigenvalue weighted by molar-refractivity contribution is 5.87. The maximum atomic E-state index is 12.3. The number of nitrogens with two attached hydrogens (primary N) is 1. The van der Waals surface area contributed by atoms with Gasteiger partial charge in [-0.2, -0.15) is 0 Å². The minimum absolute atomic E-state index is 0.00183. The second-order valence-corrected chi connectivity index (χ2v) is 5.91. The molecule has 114 valence electrons. The van der Waals surface area contributed by atoms with Crippen molar-refractivity contribution in [1.82, 2.24) is 5.32 Å². The normalized spacial score (nSPS) is 24.3. The molecule has 1 aromatic carbocycles. The molecule has 0 bridgehead atoms. The van der Waals surface area contributed by atoms with Gasteiger partial charge in [0.15, 0.2) is 0 Å². The van der Waals surface area contributed by atoms with E-state index in [1.807, 2.05) is 30.3 Å². The largest absolute Gasteiger partial charge is 0.481 e. The Balaban J connectivity index is 1.97. The molecule has 1 aromatic rings. The Morgan fingerprint density at radius 2 is 2.00 bits per heavy atom. The Morgan fingerprint density at radius 1 is 1.33 bits per heavy atom. The number of benzene rings is 1. The monoisotopic (exact) mass is 290 g/mol. The lowest BCUT2D eigenvalue weighted by Crippen LogP contribution is -2.50. The van der Waals surface area contributed by atoms with E-state index in [1.54, 1.807) is 6.92 Å². The smallest absolute Gasteiger partial charge is 0.306 e. The Kier molecular flexibility index (Phi) is 4.63. The molecule has 3 atom stereocenters. The first kappa shape index (κ1) is 15.5. The molecule has 3 unspecified atom stereocenters. The first-order valence-electron chi connectivity index (χ1n) is 7.28. The van der Waals surface area contributed by atoms with Crippen molar-refractivity contribution >= 4 is 11.9 Å². The first-order chi connectivity index (χ1) is 9.93. The molecule has 0 spiro atoms. The third kappa shape index (κ3) is 3.42. The number of carboxylic acid groups (broad SMARTS) is 1. The second kappa shape index (κ2) is 6.26. The average molecular weight is 290 g/mol. The molecular weight excluding hydrogens is 268 g/mol. The van der Waals surface area contributed by atoms with Crippen LogP contribution in [0.4, 0.5) is 0 Å². The molecule has 0 aromatic heterocycles. The molecule has 1 aliphatic rings. The maximum absolute atomic E-state index is 12.3. The molecule has 21 heavy (non-hydrogen) atoms. The minimum atomic E-state index is -1.11. The Hall–Kier alpha value is -1.88. The van der Waals surface area contributed by atoms with Crippen LogP contribution in [0.5, 0.6) is 0 Å². The van der Waals surface area contributed by atoms with Gasteiger partial charge in [-0.25, -0.2) is 0 Å². The number of carbonyl (C=O) groups is 2. The molecule has 2 rings (SSSR count). The molecule has 1 amide bonds. The van der Waals surface area contributed by atoms with Crippen LogP contribution in [0.1, 0.15) is 31.7 Å². The number of hydrogen-bond acceptors (Lipinski definition) is 3. The number of nitrogens with one attached hydrogen (secondary N) is 1. The third-order valence-corrected chi connectivity index (χ3v) is 4.35. The lowest BCUT2D eigenvalue weighted by molar-refractivity contribution is -0.143. The third-order valence-electron chi connectivity index (χ3n) is 4.35. The Bertz CT molecular complexity index is 514. The molecule has 1 saturated carbocycles. The highest BCUT2D eigenvalue weighted by Gasteiger charge is 2.35. The zero-order valence-corrected chi connectivity index (χ0v) is 12.2. The van der Waals surface area contributed by atoms with Gasteiger partial charge in [0.05, 0.1) is 5.92 Å². The minimum Gasteiger partial charge on any atom is -0.481 e. The number of hydrogen-bond donors (Lipinski definition) is 3. The van der Waals surface area contributed by atoms with E-state index >= 15 is 0 Å². The van der Waals surface area contributed by atoms with E-state index in [4.69, 9.17) is 10.8 Å². The number of carbonyl (C=O) groups excluding carboxylic acids is 1. The van der Waals surface area contributed by atoms with Gasteiger partial charge in [0.1, 0.15) is 5.54 Å². The van der Waals surface area contributed by atoms with Gasteiger partial charge in [0, 0.05) is 6.54 Å². The zero-order valence-electron chi connectivity index (χ0n) is 12.2. The number of amides is 1. The van der Waals surface area contributed by atoms with Crippen LogP contribution in [0.2, 0.25) is 0 Å². The fourth-order valence-electron chi connectivity index (χ4n) is 2.93. The summed E-state index contributed by atoms with van der Waals surface area (Å²) in [7, 11) is 0. The van der Waals surface area contributed by atoms with Crippen molar-refractivity contribution in [3.63, 3.8) is 0 Å². The lowest BCUT2D eigenvalue weighted by atomic mass is 9.91. The summed E-state index contributed by atoms with van der Waals surface area (Å²) < 4.78 is 0. The molecular formula is C16H22N2O3. The van der Waals surface area contributed by atoms with Crippen LogP contribution in [0.15, 0.2) is 30.3 Å². The molecule has 1 fully saturated rings. The van der Waals surface area contributed by atoms with E-state index < -0.39 is 11.5 Å². The van der Waals surface area contributed by atoms with Crippen LogP contribution in [-0.4, -0.2) is 23.5 Å². The van der Waals surface area contributed by atoms with Gasteiger partial charge >= 0.3 is 5.97 Å². The van der Waals surface area contributed by atoms with Crippen molar-refractivity contribution in [2.75, 3.05) is 6.54 Å². The number of carboxylic acids is 1. The topological polar surface area (TPSA) is 92.4 Å². The summed E-state index contributed by atoms with van der Waals surface area (Å²) in [6.07, 6.45) is 2.42. The fourth-order valence-corrected chi connectivity index (χ4v) is 2.93. The van der Waals surface area contributed by atoms with Gasteiger partial charge in [-0.05, 0) is 31.2 Å². The van der Waals surface area contributed by atoms with Gasteiger partial charge in [-0.3, -0.25) is 9.59 Å². The van der Waals surface area contributed by atoms with E-state index in [9.17, 15) is 9.59 Å². The molecule has 0 radical (unpaired) electrons. The van der Waals surface area contributed by atoms with E-state index in [2.05, 4.69) is 5.32 Å². The molecule has 4 N–H and O–H groups in total. The van der Waals surface area contributed by atoms with Crippen molar-refractivity contribution in [3.05, 3.63) is 35.9 Å². The second-order valence-electron chi connectivity index (χ2n) is 5.91. The van der Waals surface area contributed by atoms with Gasteiger partial charge in [-0.15, -0.1) is 0 Å². The molecule has 0 saturated heterocycles. The molecule has 0 aliphatic heterocycles. The van der Waals surface area contributed by atoms with Gasteiger partial charge in [0.2, 0.25) is 5.91 Å². The van der Waals surface area contributed by atoms with Crippen molar-refractivity contribution in [2.45, 2.75) is 31.7 Å². The summed E-state index contributed by atoms with van der Waals surface area (Å²) in [4.78, 5) is 23.5. The van der Waals surface area contributed by atoms with Gasteiger partial charge < -0.3 is 16.2 Å². The highest BCUT2D eigenvalue weighted by atomic mass is 16.4. The summed E-state index contributed by atoms with van der Waals surface area (Å²) in [6.45, 7) is 2.04. The zero-order chi connectivity index (χ0) is 15.5. The van der Waals surface area contributed by atoms with Crippen LogP contribution in [-0.2, 0) is 15.1 Å². The van der Waals surface area contributed by atoms with Crippen molar-refractivity contribution in [1.29, 1.82) is 0 Å². The molecule has 0 heterocycles. The fraction of sp³-hybridized carbons (Fsp3) is 0.500. The molecule has 5 nitrogen and oxygen atoms in total. The van der Waals surface area contributed by atoms with E-state index in [1.165, 1.54) is 0 Å². The first-order valence-corrected chi connectivity index (χ1v) is 7.28.